The predicted octanol–water partition coefficient (Wildman–Crippen LogP) is 3.58. The summed E-state index contributed by atoms with van der Waals surface area (Å²) in [6.07, 6.45) is 0. The van der Waals surface area contributed by atoms with E-state index >= 15 is 0 Å². The van der Waals surface area contributed by atoms with E-state index in [2.05, 4.69) is 21.2 Å². The van der Waals surface area contributed by atoms with Crippen LogP contribution >= 0.6 is 27.5 Å². The highest BCUT2D eigenvalue weighted by molar-refractivity contribution is 9.10. The van der Waals surface area contributed by atoms with Crippen LogP contribution in [0.25, 0.3) is 0 Å². The van der Waals surface area contributed by atoms with Crippen molar-refractivity contribution in [3.8, 4) is 0 Å². The monoisotopic (exact) mass is 321 g/mol. The summed E-state index contributed by atoms with van der Waals surface area (Å²) in [6.45, 7) is 3.90. The molecule has 0 radical (unpaired) electrons. The maximum absolute atomic E-state index is 13.5. The van der Waals surface area contributed by atoms with Crippen LogP contribution in [0.2, 0.25) is 0 Å². The second-order valence-electron chi connectivity index (χ2n) is 4.10. The largest absolute Gasteiger partial charge is 0.348 e. The highest BCUT2D eigenvalue weighted by Crippen LogP contribution is 2.16. The Morgan fingerprint density at radius 1 is 1.53 bits per heavy atom. The molecule has 1 amide bonds. The van der Waals surface area contributed by atoms with Gasteiger partial charge in [0.25, 0.3) is 5.91 Å². The fraction of sp³-hybridized carbons (Fsp3) is 0.417. The van der Waals surface area contributed by atoms with E-state index in [1.54, 1.807) is 6.07 Å². The molecule has 0 aliphatic carbocycles. The zero-order chi connectivity index (χ0) is 13.0. The van der Waals surface area contributed by atoms with Crippen LogP contribution in [0.4, 0.5) is 4.39 Å². The van der Waals surface area contributed by atoms with Crippen molar-refractivity contribution in [1.82, 2.24) is 5.32 Å². The molecule has 0 aliphatic rings. The van der Waals surface area contributed by atoms with Gasteiger partial charge in [-0.1, -0.05) is 29.8 Å². The molecule has 1 rings (SSSR count). The lowest BCUT2D eigenvalue weighted by atomic mass is 10.1. The third-order valence-corrected chi connectivity index (χ3v) is 3.29. The van der Waals surface area contributed by atoms with Gasteiger partial charge in [-0.25, -0.2) is 4.39 Å². The lowest BCUT2D eigenvalue weighted by molar-refractivity contribution is 0.0927. The van der Waals surface area contributed by atoms with Gasteiger partial charge in [-0.05, 0) is 24.1 Å². The van der Waals surface area contributed by atoms with Crippen LogP contribution < -0.4 is 5.32 Å². The molecule has 1 unspecified atom stereocenters. The van der Waals surface area contributed by atoms with Crippen molar-refractivity contribution in [3.63, 3.8) is 0 Å². The minimum atomic E-state index is -0.547. The first-order chi connectivity index (χ1) is 7.95. The van der Waals surface area contributed by atoms with Gasteiger partial charge in [0, 0.05) is 16.4 Å². The minimum absolute atomic E-state index is 0.0315. The van der Waals surface area contributed by atoms with E-state index in [9.17, 15) is 9.18 Å². The first kappa shape index (κ1) is 14.5. The molecule has 0 aromatic heterocycles. The molecule has 5 heteroatoms. The van der Waals surface area contributed by atoms with Gasteiger partial charge >= 0.3 is 0 Å². The molecular weight excluding hydrogens is 308 g/mol. The zero-order valence-electron chi connectivity index (χ0n) is 9.64. The molecule has 2 nitrogen and oxygen atoms in total. The van der Waals surface area contributed by atoms with Crippen LogP contribution in [0.3, 0.4) is 0 Å². The maximum atomic E-state index is 13.5. The minimum Gasteiger partial charge on any atom is -0.348 e. The van der Waals surface area contributed by atoms with E-state index in [0.717, 1.165) is 0 Å². The predicted molar refractivity (Wildman–Crippen MR) is 70.9 cm³/mol. The van der Waals surface area contributed by atoms with E-state index in [-0.39, 0.29) is 17.5 Å². The van der Waals surface area contributed by atoms with Crippen molar-refractivity contribution in [1.29, 1.82) is 0 Å². The highest BCUT2D eigenvalue weighted by atomic mass is 79.9. The Hall–Kier alpha value is -0.610. The average Bonchev–Trinajstić information content (AvgIpc) is 2.24. The van der Waals surface area contributed by atoms with Crippen molar-refractivity contribution in [2.24, 2.45) is 5.92 Å². The summed E-state index contributed by atoms with van der Waals surface area (Å²) in [6, 6.07) is 4.18. The van der Waals surface area contributed by atoms with Gasteiger partial charge < -0.3 is 5.32 Å². The molecule has 0 aliphatic heterocycles. The molecule has 0 heterocycles. The van der Waals surface area contributed by atoms with Crippen molar-refractivity contribution in [2.75, 3.05) is 5.88 Å². The summed E-state index contributed by atoms with van der Waals surface area (Å²) < 4.78 is 14.1. The van der Waals surface area contributed by atoms with Crippen LogP contribution in [0.15, 0.2) is 22.7 Å². The van der Waals surface area contributed by atoms with Crippen LogP contribution in [0.5, 0.6) is 0 Å². The van der Waals surface area contributed by atoms with Gasteiger partial charge in [0.15, 0.2) is 0 Å². The summed E-state index contributed by atoms with van der Waals surface area (Å²) in [7, 11) is 0. The van der Waals surface area contributed by atoms with Crippen LogP contribution in [0.1, 0.15) is 24.2 Å². The Morgan fingerprint density at radius 3 is 2.65 bits per heavy atom. The topological polar surface area (TPSA) is 29.1 Å². The van der Waals surface area contributed by atoms with E-state index in [1.165, 1.54) is 12.1 Å². The molecule has 17 heavy (non-hydrogen) atoms. The van der Waals surface area contributed by atoms with Crippen molar-refractivity contribution >= 4 is 33.4 Å². The Morgan fingerprint density at radius 2 is 2.18 bits per heavy atom. The average molecular weight is 323 g/mol. The van der Waals surface area contributed by atoms with Crippen LogP contribution in [-0.2, 0) is 0 Å². The molecule has 1 aromatic carbocycles. The standard InChI is InChI=1S/C12H14BrClFNO/c1-7(2)11(6-14)16-12(17)9-4-3-8(13)5-10(9)15/h3-5,7,11H,6H2,1-2H3,(H,16,17). The fourth-order valence-corrected chi connectivity index (χ4v) is 2.07. The number of carbonyl (C=O) groups excluding carboxylic acids is 1. The van der Waals surface area contributed by atoms with E-state index in [4.69, 9.17) is 11.6 Å². The second-order valence-corrected chi connectivity index (χ2v) is 5.33. The maximum Gasteiger partial charge on any atom is 0.254 e. The molecule has 0 fully saturated rings. The summed E-state index contributed by atoms with van der Waals surface area (Å²) in [5, 5.41) is 2.72. The Balaban J connectivity index is 2.82. The van der Waals surface area contributed by atoms with Gasteiger partial charge in [0.1, 0.15) is 5.82 Å². The molecule has 0 spiro atoms. The Kier molecular flexibility index (Phi) is 5.40. The van der Waals surface area contributed by atoms with Gasteiger partial charge in [0.05, 0.1) is 5.56 Å². The number of rotatable bonds is 4. The van der Waals surface area contributed by atoms with E-state index in [1.807, 2.05) is 13.8 Å². The highest BCUT2D eigenvalue weighted by Gasteiger charge is 2.18. The number of nitrogens with one attached hydrogen (secondary N) is 1. The van der Waals surface area contributed by atoms with Crippen LogP contribution in [0, 0.1) is 11.7 Å². The molecule has 94 valence electrons. The number of halogens is 3. The lowest BCUT2D eigenvalue weighted by Crippen LogP contribution is -2.40. The normalized spacial score (nSPS) is 12.6. The molecule has 0 bridgehead atoms. The summed E-state index contributed by atoms with van der Waals surface area (Å²) in [5.41, 5.74) is 0.0315. The first-order valence-corrected chi connectivity index (χ1v) is 6.60. The quantitative estimate of drug-likeness (QED) is 0.844. The summed E-state index contributed by atoms with van der Waals surface area (Å²) in [4.78, 5) is 11.8. The number of benzene rings is 1. The van der Waals surface area contributed by atoms with E-state index < -0.39 is 11.7 Å². The van der Waals surface area contributed by atoms with Crippen molar-refractivity contribution in [2.45, 2.75) is 19.9 Å². The SMILES string of the molecule is CC(C)C(CCl)NC(=O)c1ccc(Br)cc1F. The fourth-order valence-electron chi connectivity index (χ4n) is 1.30. The van der Waals surface area contributed by atoms with Gasteiger partial charge in [-0.2, -0.15) is 0 Å². The van der Waals surface area contributed by atoms with Gasteiger partial charge in [0.2, 0.25) is 0 Å². The first-order valence-electron chi connectivity index (χ1n) is 5.27. The molecular formula is C12H14BrClFNO. The number of amides is 1. The number of carbonyl (C=O) groups is 1. The van der Waals surface area contributed by atoms with Crippen LogP contribution in [-0.4, -0.2) is 17.8 Å². The number of hydrogen-bond acceptors (Lipinski definition) is 1. The van der Waals surface area contributed by atoms with Gasteiger partial charge in [-0.3, -0.25) is 4.79 Å². The Bertz CT molecular complexity index is 411. The second kappa shape index (κ2) is 6.36. The summed E-state index contributed by atoms with van der Waals surface area (Å²) >= 11 is 8.88. The van der Waals surface area contributed by atoms with E-state index in [0.29, 0.717) is 10.4 Å². The molecule has 0 saturated carbocycles. The number of alkyl halides is 1. The molecule has 1 atom stereocenters. The molecule has 1 aromatic rings. The van der Waals surface area contributed by atoms with Crippen molar-refractivity contribution < 1.29 is 9.18 Å². The third kappa shape index (κ3) is 3.96. The third-order valence-electron chi connectivity index (χ3n) is 2.46. The molecule has 1 N–H and O–H groups in total. The Labute approximate surface area is 114 Å². The lowest BCUT2D eigenvalue weighted by Gasteiger charge is -2.19. The molecule has 0 saturated heterocycles. The smallest absolute Gasteiger partial charge is 0.254 e. The zero-order valence-corrected chi connectivity index (χ0v) is 12.0. The van der Waals surface area contributed by atoms with Gasteiger partial charge in [-0.15, -0.1) is 11.6 Å². The van der Waals surface area contributed by atoms with Crippen molar-refractivity contribution in [3.05, 3.63) is 34.1 Å². The summed E-state index contributed by atoms with van der Waals surface area (Å²) in [5.74, 6) is -0.472. The number of hydrogen-bond donors (Lipinski definition) is 1.